The van der Waals surface area contributed by atoms with Crippen LogP contribution in [0.3, 0.4) is 0 Å². The number of nitrogens with zero attached hydrogens (tertiary/aromatic N) is 2. The first kappa shape index (κ1) is 16.5. The first-order valence-corrected chi connectivity index (χ1v) is 7.31. The molecule has 5 heteroatoms. The Hall–Kier alpha value is -0.580. The number of rotatable bonds is 7. The van der Waals surface area contributed by atoms with Gasteiger partial charge in [0.1, 0.15) is 0 Å². The Morgan fingerprint density at radius 2 is 2.05 bits per heavy atom. The molecule has 0 aliphatic rings. The molecule has 2 unspecified atom stereocenters. The van der Waals surface area contributed by atoms with Gasteiger partial charge >= 0.3 is 0 Å². The molecule has 1 rings (SSSR count). The van der Waals surface area contributed by atoms with Crippen molar-refractivity contribution in [2.24, 2.45) is 0 Å². The topological polar surface area (TPSA) is 47.3 Å². The van der Waals surface area contributed by atoms with Crippen molar-refractivity contribution in [3.05, 3.63) is 16.4 Å². The summed E-state index contributed by atoms with van der Waals surface area (Å²) in [5, 5.41) is 15.5. The van der Waals surface area contributed by atoms with Gasteiger partial charge in [-0.1, -0.05) is 18.5 Å². The van der Waals surface area contributed by atoms with Gasteiger partial charge < -0.3 is 9.84 Å². The number of aryl methyl sites for hydroxylation is 2. The number of hydrogen-bond donors (Lipinski definition) is 1. The van der Waals surface area contributed by atoms with Crippen LogP contribution in [0.15, 0.2) is 0 Å². The van der Waals surface area contributed by atoms with E-state index in [9.17, 15) is 5.11 Å². The van der Waals surface area contributed by atoms with Crippen LogP contribution in [-0.2, 0) is 17.7 Å². The van der Waals surface area contributed by atoms with Gasteiger partial charge in [-0.15, -0.1) is 0 Å². The molecular formula is C14H25ClN2O2. The maximum atomic E-state index is 10.5. The molecule has 1 aromatic rings. The molecule has 1 aromatic heterocycles. The molecule has 0 saturated carbocycles. The van der Waals surface area contributed by atoms with Gasteiger partial charge in [0.15, 0.2) is 0 Å². The summed E-state index contributed by atoms with van der Waals surface area (Å²) in [6.45, 7) is 11.1. The molecule has 1 heterocycles. The predicted octanol–water partition coefficient (Wildman–Crippen LogP) is 2.97. The summed E-state index contributed by atoms with van der Waals surface area (Å²) >= 11 is 6.27. The van der Waals surface area contributed by atoms with Crippen molar-refractivity contribution in [2.45, 2.75) is 65.7 Å². The third-order valence-electron chi connectivity index (χ3n) is 3.72. The van der Waals surface area contributed by atoms with Crippen molar-refractivity contribution < 1.29 is 9.84 Å². The molecule has 110 valence electrons. The average molecular weight is 289 g/mol. The summed E-state index contributed by atoms with van der Waals surface area (Å²) in [7, 11) is 0. The van der Waals surface area contributed by atoms with Gasteiger partial charge in [-0.25, -0.2) is 0 Å². The van der Waals surface area contributed by atoms with E-state index in [1.54, 1.807) is 0 Å². The van der Waals surface area contributed by atoms with Crippen LogP contribution in [0.1, 0.15) is 45.5 Å². The van der Waals surface area contributed by atoms with E-state index >= 15 is 0 Å². The summed E-state index contributed by atoms with van der Waals surface area (Å²) in [4.78, 5) is 0. The Labute approximate surface area is 120 Å². The summed E-state index contributed by atoms with van der Waals surface area (Å²) in [5.41, 5.74) is 1.14. The van der Waals surface area contributed by atoms with Crippen LogP contribution in [0.5, 0.6) is 0 Å². The van der Waals surface area contributed by atoms with Crippen molar-refractivity contribution in [3.8, 4) is 0 Å². The molecule has 1 N–H and O–H groups in total. The second-order valence-electron chi connectivity index (χ2n) is 4.98. The average Bonchev–Trinajstić information content (AvgIpc) is 2.66. The quantitative estimate of drug-likeness (QED) is 0.839. The zero-order valence-corrected chi connectivity index (χ0v) is 13.3. The second kappa shape index (κ2) is 6.73. The largest absolute Gasteiger partial charge is 0.390 e. The van der Waals surface area contributed by atoms with Gasteiger partial charge in [0.2, 0.25) is 0 Å². The smallest absolute Gasteiger partial charge is 0.0913 e. The van der Waals surface area contributed by atoms with Crippen LogP contribution in [0.25, 0.3) is 0 Å². The van der Waals surface area contributed by atoms with Crippen LogP contribution >= 0.6 is 11.6 Å². The van der Waals surface area contributed by atoms with Crippen molar-refractivity contribution in [1.82, 2.24) is 9.78 Å². The molecule has 19 heavy (non-hydrogen) atoms. The molecule has 0 radical (unpaired) electrons. The standard InChI is InChI=1S/C14H25ClN2O2/c1-6-14(5,19-8-3)12(18)9-11-13(15)10(4)16-17(11)7-2/h12,18H,6-9H2,1-5H3. The maximum absolute atomic E-state index is 10.5. The number of aliphatic hydroxyl groups is 1. The van der Waals surface area contributed by atoms with E-state index in [4.69, 9.17) is 16.3 Å². The summed E-state index contributed by atoms with van der Waals surface area (Å²) in [6, 6.07) is 0. The van der Waals surface area contributed by atoms with E-state index in [1.807, 2.05) is 39.3 Å². The summed E-state index contributed by atoms with van der Waals surface area (Å²) in [5.74, 6) is 0. The first-order chi connectivity index (χ1) is 8.89. The van der Waals surface area contributed by atoms with E-state index in [0.717, 1.165) is 24.4 Å². The van der Waals surface area contributed by atoms with Gasteiger partial charge in [-0.2, -0.15) is 5.10 Å². The molecule has 4 nitrogen and oxygen atoms in total. The van der Waals surface area contributed by atoms with Crippen LogP contribution < -0.4 is 0 Å². The van der Waals surface area contributed by atoms with Crippen molar-refractivity contribution in [3.63, 3.8) is 0 Å². The highest BCUT2D eigenvalue weighted by Gasteiger charge is 2.33. The van der Waals surface area contributed by atoms with E-state index in [0.29, 0.717) is 18.1 Å². The van der Waals surface area contributed by atoms with Gasteiger partial charge in [0, 0.05) is 19.6 Å². The molecule has 0 spiro atoms. The molecule has 0 aliphatic carbocycles. The number of hydrogen-bond acceptors (Lipinski definition) is 3. The van der Waals surface area contributed by atoms with Gasteiger partial charge in [-0.05, 0) is 34.1 Å². The van der Waals surface area contributed by atoms with Gasteiger partial charge in [0.05, 0.1) is 28.1 Å². The minimum Gasteiger partial charge on any atom is -0.390 e. The summed E-state index contributed by atoms with van der Waals surface area (Å²) < 4.78 is 7.56. The Morgan fingerprint density at radius 1 is 1.42 bits per heavy atom. The van der Waals surface area contributed by atoms with Crippen LogP contribution in [0.4, 0.5) is 0 Å². The molecule has 0 aromatic carbocycles. The Bertz CT molecular complexity index is 420. The minimum absolute atomic E-state index is 0.456. The third-order valence-corrected chi connectivity index (χ3v) is 4.21. The number of aromatic nitrogens is 2. The Balaban J connectivity index is 2.95. The molecule has 2 atom stereocenters. The van der Waals surface area contributed by atoms with Crippen LogP contribution in [-0.4, -0.2) is 33.2 Å². The fraction of sp³-hybridized carbons (Fsp3) is 0.786. The van der Waals surface area contributed by atoms with Crippen LogP contribution in [0.2, 0.25) is 5.02 Å². The molecule has 0 bridgehead atoms. The monoisotopic (exact) mass is 288 g/mol. The molecule has 0 saturated heterocycles. The molecular weight excluding hydrogens is 264 g/mol. The summed E-state index contributed by atoms with van der Waals surface area (Å²) in [6.07, 6.45) is 0.604. The van der Waals surface area contributed by atoms with E-state index in [-0.39, 0.29) is 0 Å². The normalized spacial score (nSPS) is 16.4. The van der Waals surface area contributed by atoms with Crippen molar-refractivity contribution in [2.75, 3.05) is 6.61 Å². The van der Waals surface area contributed by atoms with E-state index in [2.05, 4.69) is 5.10 Å². The van der Waals surface area contributed by atoms with Crippen molar-refractivity contribution >= 4 is 11.6 Å². The highest BCUT2D eigenvalue weighted by molar-refractivity contribution is 6.31. The third kappa shape index (κ3) is 3.50. The zero-order valence-electron chi connectivity index (χ0n) is 12.5. The molecule has 0 aliphatic heterocycles. The van der Waals surface area contributed by atoms with Gasteiger partial charge in [0.25, 0.3) is 0 Å². The highest BCUT2D eigenvalue weighted by atomic mass is 35.5. The SMILES string of the molecule is CCOC(C)(CC)C(O)Cc1c(Cl)c(C)nn1CC. The minimum atomic E-state index is -0.601. The van der Waals surface area contributed by atoms with Gasteiger partial charge in [-0.3, -0.25) is 4.68 Å². The zero-order chi connectivity index (χ0) is 14.6. The maximum Gasteiger partial charge on any atom is 0.0913 e. The molecule has 0 fully saturated rings. The lowest BCUT2D eigenvalue weighted by molar-refractivity contribution is -0.110. The number of ether oxygens (including phenoxy) is 1. The number of aliphatic hydroxyl groups excluding tert-OH is 1. The Kier molecular flexibility index (Phi) is 5.83. The lowest BCUT2D eigenvalue weighted by atomic mass is 9.92. The van der Waals surface area contributed by atoms with E-state index < -0.39 is 11.7 Å². The lowest BCUT2D eigenvalue weighted by Crippen LogP contribution is -2.43. The Morgan fingerprint density at radius 3 is 2.53 bits per heavy atom. The van der Waals surface area contributed by atoms with Crippen LogP contribution in [0, 0.1) is 6.92 Å². The van der Waals surface area contributed by atoms with E-state index in [1.165, 1.54) is 0 Å². The second-order valence-corrected chi connectivity index (χ2v) is 5.36. The van der Waals surface area contributed by atoms with Crippen molar-refractivity contribution in [1.29, 1.82) is 0 Å². The first-order valence-electron chi connectivity index (χ1n) is 6.93. The molecule has 0 amide bonds. The highest BCUT2D eigenvalue weighted by Crippen LogP contribution is 2.27. The fourth-order valence-electron chi connectivity index (χ4n) is 2.23. The fourth-order valence-corrected chi connectivity index (χ4v) is 2.44. The predicted molar refractivity (Wildman–Crippen MR) is 77.7 cm³/mol. The number of halogens is 1. The lowest BCUT2D eigenvalue weighted by Gasteiger charge is -2.33.